The molecule has 0 radical (unpaired) electrons. The first-order chi connectivity index (χ1) is 37.5. The molecule has 2 saturated heterocycles. The molecule has 4 heterocycles. The molecule has 2 aliphatic heterocycles. The maximum Gasteiger partial charge on any atom is 0.341 e. The van der Waals surface area contributed by atoms with Crippen molar-refractivity contribution in [3.63, 3.8) is 0 Å². The van der Waals surface area contributed by atoms with Gasteiger partial charge in [0.15, 0.2) is 5.78 Å². The van der Waals surface area contributed by atoms with Crippen molar-refractivity contribution in [1.82, 2.24) is 61.9 Å². The number of ketones is 1. The Morgan fingerprint density at radius 2 is 1.41 bits per heavy atom. The van der Waals surface area contributed by atoms with Crippen LogP contribution in [0.4, 0.5) is 0 Å². The van der Waals surface area contributed by atoms with Crippen LogP contribution in [-0.4, -0.2) is 167 Å². The number of para-hydroxylation sites is 1. The number of nitrogens with one attached hydrogen (secondary N) is 10. The fourth-order valence-electron chi connectivity index (χ4n) is 9.13. The van der Waals surface area contributed by atoms with Crippen LogP contribution in [0.3, 0.4) is 0 Å². The molecular formula is C51H78N13O11PS3. The Morgan fingerprint density at radius 1 is 0.785 bits per heavy atom. The predicted octanol–water partition coefficient (Wildman–Crippen LogP) is 1.36. The van der Waals surface area contributed by atoms with E-state index in [9.17, 15) is 52.6 Å². The molecule has 28 heteroatoms. The van der Waals surface area contributed by atoms with Crippen LogP contribution in [0.5, 0.6) is 0 Å². The van der Waals surface area contributed by atoms with Gasteiger partial charge in [-0.1, -0.05) is 45.9 Å². The van der Waals surface area contributed by atoms with Crippen LogP contribution in [0.2, 0.25) is 0 Å². The Labute approximate surface area is 473 Å². The Hall–Kier alpha value is -5.44. The van der Waals surface area contributed by atoms with Gasteiger partial charge < -0.3 is 57.8 Å². The van der Waals surface area contributed by atoms with Crippen LogP contribution >= 0.6 is 43.0 Å². The zero-order valence-corrected chi connectivity index (χ0v) is 49.1. The minimum Gasteiger partial charge on any atom is -0.370 e. The highest BCUT2D eigenvalue weighted by Crippen LogP contribution is 2.48. The maximum absolute atomic E-state index is 14.3. The Kier molecular flexibility index (Phi) is 25.2. The lowest BCUT2D eigenvalue weighted by Gasteiger charge is -2.30. The number of nitrogens with two attached hydrogens (primary N) is 1. The number of carbonyl (C=O) groups excluding carboxylic acids is 9. The summed E-state index contributed by atoms with van der Waals surface area (Å²) in [6, 6.07) is -1.13. The normalized spacial score (nSPS) is 19.0. The summed E-state index contributed by atoms with van der Waals surface area (Å²) in [7, 11) is -4.38. The molecule has 1 aromatic carbocycles. The summed E-state index contributed by atoms with van der Waals surface area (Å²) in [5, 5.41) is 23.6. The van der Waals surface area contributed by atoms with Gasteiger partial charge in [-0.15, -0.1) is 23.5 Å². The van der Waals surface area contributed by atoms with Crippen molar-refractivity contribution in [1.29, 1.82) is 0 Å². The van der Waals surface area contributed by atoms with Crippen molar-refractivity contribution < 1.29 is 52.6 Å². The molecule has 2 aliphatic rings. The third-order valence-electron chi connectivity index (χ3n) is 13.6. The number of benzene rings is 1. The van der Waals surface area contributed by atoms with Gasteiger partial charge in [-0.25, -0.2) is 14.7 Å². The molecule has 8 amide bonds. The van der Waals surface area contributed by atoms with Crippen molar-refractivity contribution >= 4 is 107 Å². The molecule has 13 N–H and O–H groups in total. The third-order valence-corrected chi connectivity index (χ3v) is 19.3. The first-order valence-electron chi connectivity index (χ1n) is 26.4. The number of aromatic nitrogens is 3. The summed E-state index contributed by atoms with van der Waals surface area (Å²) in [4.78, 5) is 143. The van der Waals surface area contributed by atoms with E-state index in [2.05, 4.69) is 57.3 Å². The maximum atomic E-state index is 14.3. The van der Waals surface area contributed by atoms with Crippen molar-refractivity contribution in [3.8, 4) is 0 Å². The Balaban J connectivity index is 1.25. The lowest BCUT2D eigenvalue weighted by atomic mass is 10.0. The summed E-state index contributed by atoms with van der Waals surface area (Å²) < 4.78 is 15.4. The topological polar surface area (TPSA) is 361 Å². The molecule has 2 unspecified atom stereocenters. The van der Waals surface area contributed by atoms with Gasteiger partial charge in [-0.2, -0.15) is 11.8 Å². The monoisotopic (exact) mass is 1180 g/mol. The Morgan fingerprint density at radius 3 is 2.03 bits per heavy atom. The number of hydrogen-bond donors (Lipinski definition) is 12. The molecule has 2 fully saturated rings. The van der Waals surface area contributed by atoms with Crippen molar-refractivity contribution in [2.75, 3.05) is 36.7 Å². The molecule has 0 aliphatic carbocycles. The molecule has 0 bridgehead atoms. The molecule has 5 rings (SSSR count). The Bertz CT molecular complexity index is 2630. The van der Waals surface area contributed by atoms with E-state index < -0.39 is 110 Å². The highest BCUT2D eigenvalue weighted by molar-refractivity contribution is 8.19. The number of H-pyrrole nitrogens is 2. The van der Waals surface area contributed by atoms with Gasteiger partial charge in [0.25, 0.3) is 0 Å². The standard InChI is InChI=1S/C51H78N13O11PS3/c1-28(2)20-38(49(71)59-35(31(6)65)16-19-77-7)60-50(72)40(22-33-24-53-26-56-33)58-44(67)25-55-51(73)45(29(3)4)62-46(68)30(5)57-48(70)39(21-32-23-54-36-11-9-8-10-34(32)36)61-47(69)37(12-13-43(52)66)63-76(74,75)64-17-14-41-42(15-18-64)79-27-78-41/h8-11,23-24,26,28-30,35,37-42,45,54H,12-22,25,27H2,1-7H3,(H2,52,66)(H,53,56)(H,55,73)(H,57,70)(H,58,67)(H,59,71)(H,60,72)(H,61,69)(H,62,68)(H2,63,74,75)/t30-,35-,37-,38-,39-,40-,41+,42?,45-/m0/s1. The second-order valence-corrected chi connectivity index (χ2v) is 26.4. The van der Waals surface area contributed by atoms with E-state index in [1.807, 2.05) is 61.8 Å². The number of fused-ring (bicyclic) bond motifs is 2. The van der Waals surface area contributed by atoms with Gasteiger partial charge in [0, 0.05) is 76.9 Å². The summed E-state index contributed by atoms with van der Waals surface area (Å²) >= 11 is 5.17. The molecule has 3 aromatic rings. The lowest BCUT2D eigenvalue weighted by Crippen LogP contribution is -2.59. The van der Waals surface area contributed by atoms with Gasteiger partial charge >= 0.3 is 7.67 Å². The van der Waals surface area contributed by atoms with Crippen LogP contribution < -0.4 is 48.0 Å². The van der Waals surface area contributed by atoms with E-state index >= 15 is 0 Å². The largest absolute Gasteiger partial charge is 0.370 e. The first kappa shape index (κ1) is 64.4. The highest BCUT2D eigenvalue weighted by atomic mass is 32.2. The number of nitrogens with zero attached hydrogens (tertiary/aromatic N) is 2. The first-order valence-corrected chi connectivity index (χ1v) is 31.5. The van der Waals surface area contributed by atoms with Crippen LogP contribution in [0.15, 0.2) is 43.0 Å². The average Bonchev–Trinajstić information content (AvgIpc) is 4.25. The van der Waals surface area contributed by atoms with Crippen molar-refractivity contribution in [2.24, 2.45) is 17.6 Å². The molecule has 0 saturated carbocycles. The number of Topliss-reactive ketones (excluding diaryl/α,β-unsaturated/α-hetero) is 1. The SMILES string of the molecule is CSCC[C@H](NC(=O)[C@H](CC(C)C)NC(=O)[C@H](Cc1cnc[nH]1)NC(=O)CNC(=O)[C@@H](NC(=O)[C@H](C)NC(=O)[C@H](Cc1c[nH]c2ccccc12)NC(=O)[C@H](CCC(N)=O)NP(=O)(O)N1CCC2SCS[C@@H]2CC1)C(C)C)C(C)=O. The number of primary amides is 1. The fraction of sp³-hybridized carbons (Fsp3) is 0.608. The van der Waals surface area contributed by atoms with Gasteiger partial charge in [0.05, 0.1) is 25.0 Å². The third kappa shape index (κ3) is 20.0. The van der Waals surface area contributed by atoms with E-state index in [0.717, 1.165) is 16.0 Å². The van der Waals surface area contributed by atoms with Gasteiger partial charge in [-0.05, 0) is 81.4 Å². The van der Waals surface area contributed by atoms with Crippen LogP contribution in [0.1, 0.15) is 91.3 Å². The number of amides is 8. The number of aromatic amines is 2. The molecule has 436 valence electrons. The zero-order valence-electron chi connectivity index (χ0n) is 45.8. The van der Waals surface area contributed by atoms with Crippen LogP contribution in [-0.2, 0) is 60.6 Å². The molecule has 24 nitrogen and oxygen atoms in total. The van der Waals surface area contributed by atoms with Gasteiger partial charge in [-0.3, -0.25) is 47.7 Å². The fourth-order valence-corrected chi connectivity index (χ4v) is 14.6. The van der Waals surface area contributed by atoms with Crippen molar-refractivity contribution in [3.05, 3.63) is 54.2 Å². The molecule has 2 aromatic heterocycles. The number of thioether (sulfide) groups is 3. The molecule has 79 heavy (non-hydrogen) atoms. The van der Waals surface area contributed by atoms with E-state index in [1.165, 1.54) is 42.8 Å². The van der Waals surface area contributed by atoms with E-state index in [4.69, 9.17) is 5.73 Å². The van der Waals surface area contributed by atoms with Gasteiger partial charge in [0.1, 0.15) is 30.2 Å². The number of rotatable bonds is 31. The minimum atomic E-state index is -4.38. The highest BCUT2D eigenvalue weighted by Gasteiger charge is 2.40. The zero-order chi connectivity index (χ0) is 58.0. The van der Waals surface area contributed by atoms with Crippen LogP contribution in [0, 0.1) is 11.8 Å². The molecular weight excluding hydrogens is 1100 g/mol. The van der Waals surface area contributed by atoms with E-state index in [0.29, 0.717) is 59.9 Å². The second kappa shape index (κ2) is 31.0. The van der Waals surface area contributed by atoms with Crippen molar-refractivity contribution in [2.45, 2.75) is 146 Å². The average molecular weight is 1180 g/mol. The lowest BCUT2D eigenvalue weighted by molar-refractivity contribution is -0.135. The summed E-state index contributed by atoms with van der Waals surface area (Å²) in [5.41, 5.74) is 7.34. The summed E-state index contributed by atoms with van der Waals surface area (Å²) in [6.45, 7) is 9.79. The number of carbonyl (C=O) groups is 9. The number of hydrogen-bond acceptors (Lipinski definition) is 14. The van der Waals surface area contributed by atoms with Crippen LogP contribution in [0.25, 0.3) is 10.9 Å². The summed E-state index contributed by atoms with van der Waals surface area (Å²) in [5.74, 6) is -6.20. The number of imidazole rings is 1. The molecule has 0 spiro atoms. The van der Waals surface area contributed by atoms with Gasteiger partial charge in [0.2, 0.25) is 47.3 Å². The minimum absolute atomic E-state index is 0.0461. The van der Waals surface area contributed by atoms with E-state index in [1.54, 1.807) is 26.1 Å². The smallest absolute Gasteiger partial charge is 0.341 e. The quantitative estimate of drug-likeness (QED) is 0.0405. The second-order valence-electron chi connectivity index (χ2n) is 20.6. The predicted molar refractivity (Wildman–Crippen MR) is 306 cm³/mol. The van der Waals surface area contributed by atoms with E-state index in [-0.39, 0.29) is 43.8 Å². The molecule has 10 atom stereocenters. The summed E-state index contributed by atoms with van der Waals surface area (Å²) in [6.07, 6.45) is 7.66.